The van der Waals surface area contributed by atoms with Crippen molar-refractivity contribution in [2.75, 3.05) is 12.8 Å². The Balaban J connectivity index is 2.66. The monoisotopic (exact) mass is 227 g/mol. The van der Waals surface area contributed by atoms with Crippen LogP contribution in [-0.2, 0) is 10.0 Å². The molecule has 3 N–H and O–H groups in total. The molecule has 0 saturated carbocycles. The summed E-state index contributed by atoms with van der Waals surface area (Å²) in [4.78, 5) is 3.97. The largest absolute Gasteiger partial charge is 0.424 e. The van der Waals surface area contributed by atoms with Gasteiger partial charge in [0.1, 0.15) is 5.52 Å². The molecule has 2 aromatic rings. The van der Waals surface area contributed by atoms with Crippen molar-refractivity contribution >= 4 is 27.1 Å². The molecule has 0 atom stereocenters. The van der Waals surface area contributed by atoms with Crippen molar-refractivity contribution < 1.29 is 12.8 Å². The quantitative estimate of drug-likeness (QED) is 0.769. The molecule has 0 aliphatic heterocycles. The zero-order chi connectivity index (χ0) is 11.1. The standard InChI is InChI=1S/C8H9N3O3S/c1-10-15(12,13)5-2-3-7-6(4-5)11-8(9)14-7/h2-4,10H,1H3,(H2,9,11). The Bertz CT molecular complexity index is 603. The molecule has 80 valence electrons. The normalized spacial score (nSPS) is 12.1. The fourth-order valence-electron chi connectivity index (χ4n) is 1.21. The van der Waals surface area contributed by atoms with Crippen molar-refractivity contribution in [2.24, 2.45) is 0 Å². The van der Waals surface area contributed by atoms with E-state index in [0.29, 0.717) is 11.1 Å². The Labute approximate surface area is 86.1 Å². The van der Waals surface area contributed by atoms with E-state index in [1.807, 2.05) is 0 Å². The lowest BCUT2D eigenvalue weighted by molar-refractivity contribution is 0.588. The second-order valence-corrected chi connectivity index (χ2v) is 4.78. The van der Waals surface area contributed by atoms with Crippen LogP contribution in [0.3, 0.4) is 0 Å². The smallest absolute Gasteiger partial charge is 0.292 e. The van der Waals surface area contributed by atoms with Gasteiger partial charge < -0.3 is 10.2 Å². The SMILES string of the molecule is CNS(=O)(=O)c1ccc2oc(N)nc2c1. The van der Waals surface area contributed by atoms with Crippen LogP contribution >= 0.6 is 0 Å². The van der Waals surface area contributed by atoms with Gasteiger partial charge in [0, 0.05) is 0 Å². The second kappa shape index (κ2) is 3.21. The Morgan fingerprint density at radius 3 is 2.87 bits per heavy atom. The molecule has 0 radical (unpaired) electrons. The highest BCUT2D eigenvalue weighted by Crippen LogP contribution is 2.20. The molecule has 0 fully saturated rings. The number of nitrogen functional groups attached to an aromatic ring is 1. The van der Waals surface area contributed by atoms with Gasteiger partial charge in [0.25, 0.3) is 6.01 Å². The van der Waals surface area contributed by atoms with Gasteiger partial charge in [-0.1, -0.05) is 0 Å². The van der Waals surface area contributed by atoms with Crippen LogP contribution in [0.2, 0.25) is 0 Å². The predicted molar refractivity (Wildman–Crippen MR) is 54.7 cm³/mol. The van der Waals surface area contributed by atoms with Crippen LogP contribution in [0.25, 0.3) is 11.1 Å². The van der Waals surface area contributed by atoms with Crippen molar-refractivity contribution in [2.45, 2.75) is 4.90 Å². The number of nitrogens with two attached hydrogens (primary N) is 1. The molecule has 1 heterocycles. The van der Waals surface area contributed by atoms with Gasteiger partial charge in [-0.2, -0.15) is 4.98 Å². The lowest BCUT2D eigenvalue weighted by Crippen LogP contribution is -2.18. The summed E-state index contributed by atoms with van der Waals surface area (Å²) in [6.45, 7) is 0. The van der Waals surface area contributed by atoms with Crippen LogP contribution in [0.4, 0.5) is 6.01 Å². The van der Waals surface area contributed by atoms with Gasteiger partial charge in [-0.3, -0.25) is 0 Å². The number of aromatic nitrogens is 1. The highest BCUT2D eigenvalue weighted by Gasteiger charge is 2.13. The van der Waals surface area contributed by atoms with Crippen LogP contribution < -0.4 is 10.5 Å². The zero-order valence-corrected chi connectivity index (χ0v) is 8.71. The molecule has 7 heteroatoms. The molecule has 2 rings (SSSR count). The third-order valence-electron chi connectivity index (χ3n) is 1.95. The number of nitrogens with one attached hydrogen (secondary N) is 1. The molecule has 0 aliphatic rings. The maximum Gasteiger partial charge on any atom is 0.292 e. The average Bonchev–Trinajstić information content (AvgIpc) is 2.56. The van der Waals surface area contributed by atoms with Gasteiger partial charge in [0.05, 0.1) is 4.90 Å². The van der Waals surface area contributed by atoms with Crippen molar-refractivity contribution in [3.8, 4) is 0 Å². The second-order valence-electron chi connectivity index (χ2n) is 2.89. The number of nitrogens with zero attached hydrogens (tertiary/aromatic N) is 1. The Morgan fingerprint density at radius 1 is 1.47 bits per heavy atom. The molecular weight excluding hydrogens is 218 g/mol. The Morgan fingerprint density at radius 2 is 2.20 bits per heavy atom. The van der Waals surface area contributed by atoms with Crippen LogP contribution in [0.15, 0.2) is 27.5 Å². The minimum Gasteiger partial charge on any atom is -0.424 e. The van der Waals surface area contributed by atoms with E-state index in [-0.39, 0.29) is 10.9 Å². The number of oxazole rings is 1. The number of rotatable bonds is 2. The van der Waals surface area contributed by atoms with Crippen molar-refractivity contribution in [3.05, 3.63) is 18.2 Å². The first-order chi connectivity index (χ1) is 7.03. The molecule has 0 spiro atoms. The molecule has 15 heavy (non-hydrogen) atoms. The van der Waals surface area contributed by atoms with Gasteiger partial charge >= 0.3 is 0 Å². The summed E-state index contributed by atoms with van der Waals surface area (Å²) >= 11 is 0. The Hall–Kier alpha value is -1.60. The van der Waals surface area contributed by atoms with Gasteiger partial charge in [0.2, 0.25) is 10.0 Å². The number of hydrogen-bond donors (Lipinski definition) is 2. The number of fused-ring (bicyclic) bond motifs is 1. The van der Waals surface area contributed by atoms with Crippen LogP contribution in [0, 0.1) is 0 Å². The number of benzene rings is 1. The van der Waals surface area contributed by atoms with Crippen molar-refractivity contribution in [3.63, 3.8) is 0 Å². The predicted octanol–water partition coefficient (Wildman–Crippen LogP) is 0.318. The first-order valence-electron chi connectivity index (χ1n) is 4.12. The third-order valence-corrected chi connectivity index (χ3v) is 3.37. The van der Waals surface area contributed by atoms with E-state index < -0.39 is 10.0 Å². The zero-order valence-electron chi connectivity index (χ0n) is 7.89. The van der Waals surface area contributed by atoms with E-state index in [4.69, 9.17) is 10.2 Å². The number of anilines is 1. The summed E-state index contributed by atoms with van der Waals surface area (Å²) in [5.41, 5.74) is 6.22. The topological polar surface area (TPSA) is 98.2 Å². The molecule has 0 bridgehead atoms. The Kier molecular flexibility index (Phi) is 2.13. The highest BCUT2D eigenvalue weighted by atomic mass is 32.2. The fraction of sp³-hybridized carbons (Fsp3) is 0.125. The van der Waals surface area contributed by atoms with Gasteiger partial charge in [-0.15, -0.1) is 0 Å². The molecule has 6 nitrogen and oxygen atoms in total. The molecule has 1 aromatic heterocycles. The summed E-state index contributed by atoms with van der Waals surface area (Å²) in [6, 6.07) is 4.37. The lowest BCUT2D eigenvalue weighted by atomic mass is 10.3. The maximum atomic E-state index is 11.5. The van der Waals surface area contributed by atoms with Crippen molar-refractivity contribution in [1.82, 2.24) is 9.71 Å². The highest BCUT2D eigenvalue weighted by molar-refractivity contribution is 7.89. The minimum atomic E-state index is -3.45. The van der Waals surface area contributed by atoms with E-state index in [1.165, 1.54) is 25.2 Å². The minimum absolute atomic E-state index is 0.0176. The van der Waals surface area contributed by atoms with E-state index >= 15 is 0 Å². The van der Waals surface area contributed by atoms with Gasteiger partial charge in [-0.25, -0.2) is 13.1 Å². The summed E-state index contributed by atoms with van der Waals surface area (Å²) in [7, 11) is -2.11. The van der Waals surface area contributed by atoms with Crippen LogP contribution in [0.5, 0.6) is 0 Å². The van der Waals surface area contributed by atoms with Crippen LogP contribution in [0.1, 0.15) is 0 Å². The van der Waals surface area contributed by atoms with E-state index in [9.17, 15) is 8.42 Å². The lowest BCUT2D eigenvalue weighted by Gasteiger charge is -2.00. The number of sulfonamides is 1. The number of hydrogen-bond acceptors (Lipinski definition) is 5. The summed E-state index contributed by atoms with van der Waals surface area (Å²) < 4.78 is 30.1. The van der Waals surface area contributed by atoms with Gasteiger partial charge in [-0.05, 0) is 25.2 Å². The summed E-state index contributed by atoms with van der Waals surface area (Å²) in [5, 5.41) is 0. The molecular formula is C8H9N3O3S. The van der Waals surface area contributed by atoms with Crippen molar-refractivity contribution in [1.29, 1.82) is 0 Å². The maximum absolute atomic E-state index is 11.5. The molecule has 0 aliphatic carbocycles. The average molecular weight is 227 g/mol. The molecule has 0 saturated heterocycles. The first-order valence-corrected chi connectivity index (χ1v) is 5.61. The molecule has 0 amide bonds. The molecule has 0 unspecified atom stereocenters. The van der Waals surface area contributed by atoms with Gasteiger partial charge in [0.15, 0.2) is 5.58 Å². The van der Waals surface area contributed by atoms with E-state index in [0.717, 1.165) is 0 Å². The van der Waals surface area contributed by atoms with E-state index in [1.54, 1.807) is 0 Å². The summed E-state index contributed by atoms with van der Waals surface area (Å²) in [6.07, 6.45) is 0. The fourth-order valence-corrected chi connectivity index (χ4v) is 1.96. The first kappa shape index (κ1) is 9.94. The summed E-state index contributed by atoms with van der Waals surface area (Å²) in [5.74, 6) is 0. The van der Waals surface area contributed by atoms with E-state index in [2.05, 4.69) is 9.71 Å². The van der Waals surface area contributed by atoms with Crippen LogP contribution in [-0.4, -0.2) is 20.4 Å². The third kappa shape index (κ3) is 1.66. The molecule has 1 aromatic carbocycles.